The largest absolute Gasteiger partial charge is 0.508 e. The zero-order valence-electron chi connectivity index (χ0n) is 11.5. The van der Waals surface area contributed by atoms with Gasteiger partial charge in [-0.1, -0.05) is 0 Å². The van der Waals surface area contributed by atoms with Crippen molar-refractivity contribution in [1.29, 1.82) is 0 Å². The van der Waals surface area contributed by atoms with Crippen molar-refractivity contribution in [2.75, 3.05) is 13.1 Å². The van der Waals surface area contributed by atoms with Crippen LogP contribution in [0, 0.1) is 0 Å². The summed E-state index contributed by atoms with van der Waals surface area (Å²) in [4.78, 5) is 12.0. The maximum atomic E-state index is 12.0. The van der Waals surface area contributed by atoms with Crippen molar-refractivity contribution < 1.29 is 14.6 Å². The van der Waals surface area contributed by atoms with Gasteiger partial charge in [0.2, 0.25) is 11.2 Å². The molecular weight excluding hydrogens is 270 g/mol. The molecule has 0 unspecified atom stereocenters. The maximum absolute atomic E-state index is 12.0. The third-order valence-electron chi connectivity index (χ3n) is 3.81. The summed E-state index contributed by atoms with van der Waals surface area (Å²) in [6, 6.07) is 7.59. The lowest BCUT2D eigenvalue weighted by Crippen LogP contribution is -2.27. The molecular formula is C16H17NO4. The van der Waals surface area contributed by atoms with E-state index < -0.39 is 11.2 Å². The van der Waals surface area contributed by atoms with Gasteiger partial charge in [0.15, 0.2) is 5.76 Å². The molecule has 3 N–H and O–H groups in total. The molecule has 21 heavy (non-hydrogen) atoms. The monoisotopic (exact) mass is 287 g/mol. The van der Waals surface area contributed by atoms with Gasteiger partial charge in [0, 0.05) is 17.5 Å². The first kappa shape index (κ1) is 13.7. The predicted molar refractivity (Wildman–Crippen MR) is 78.6 cm³/mol. The van der Waals surface area contributed by atoms with Crippen LogP contribution in [0.3, 0.4) is 0 Å². The predicted octanol–water partition coefficient (Wildman–Crippen LogP) is 2.19. The number of phenolic OH excluding ortho intramolecular Hbond substituents is 1. The second-order valence-corrected chi connectivity index (χ2v) is 5.26. The Hall–Kier alpha value is -2.27. The Labute approximate surface area is 121 Å². The Morgan fingerprint density at radius 1 is 1.10 bits per heavy atom. The number of nitrogens with one attached hydrogen (secondary N) is 1. The fraction of sp³-hybridized carbons (Fsp3) is 0.312. The Bertz CT molecular complexity index is 684. The third kappa shape index (κ3) is 2.78. The topological polar surface area (TPSA) is 82.7 Å². The van der Waals surface area contributed by atoms with Gasteiger partial charge in [-0.25, -0.2) is 0 Å². The summed E-state index contributed by atoms with van der Waals surface area (Å²) in [6.07, 6.45) is 1.81. The quantitative estimate of drug-likeness (QED) is 0.788. The minimum Gasteiger partial charge on any atom is -0.508 e. The highest BCUT2D eigenvalue weighted by atomic mass is 16.4. The van der Waals surface area contributed by atoms with Crippen molar-refractivity contribution in [3.05, 3.63) is 46.3 Å². The molecule has 0 bridgehead atoms. The van der Waals surface area contributed by atoms with Crippen LogP contribution in [0.25, 0.3) is 11.3 Å². The zero-order valence-corrected chi connectivity index (χ0v) is 11.5. The van der Waals surface area contributed by atoms with Gasteiger partial charge in [-0.05, 0) is 50.2 Å². The molecule has 0 aliphatic carbocycles. The number of hydrogen-bond acceptors (Lipinski definition) is 5. The van der Waals surface area contributed by atoms with Crippen LogP contribution in [-0.2, 0) is 0 Å². The van der Waals surface area contributed by atoms with Gasteiger partial charge in [-0.3, -0.25) is 4.79 Å². The Morgan fingerprint density at radius 3 is 2.43 bits per heavy atom. The standard InChI is InChI=1S/C16H17NO4/c18-12-3-1-11(2-4-12)16-15(20)13(19)9-14(21-16)10-5-7-17-8-6-10/h1-4,9-10,17-18,20H,5-8H2. The number of aromatic hydroxyl groups is 2. The van der Waals surface area contributed by atoms with E-state index in [1.54, 1.807) is 12.1 Å². The van der Waals surface area contributed by atoms with Gasteiger partial charge in [-0.2, -0.15) is 0 Å². The molecule has 2 aromatic rings. The number of benzene rings is 1. The van der Waals surface area contributed by atoms with Crippen molar-refractivity contribution in [2.24, 2.45) is 0 Å². The van der Waals surface area contributed by atoms with Gasteiger partial charge in [-0.15, -0.1) is 0 Å². The van der Waals surface area contributed by atoms with Gasteiger partial charge < -0.3 is 19.9 Å². The minimum absolute atomic E-state index is 0.120. The Kier molecular flexibility index (Phi) is 3.66. The number of piperidine rings is 1. The molecule has 1 fully saturated rings. The fourth-order valence-electron chi connectivity index (χ4n) is 2.62. The van der Waals surface area contributed by atoms with Gasteiger partial charge in [0.1, 0.15) is 11.5 Å². The molecule has 1 aliphatic rings. The molecule has 5 nitrogen and oxygen atoms in total. The summed E-state index contributed by atoms with van der Waals surface area (Å²) in [5.74, 6) is 0.697. The van der Waals surface area contributed by atoms with Crippen LogP contribution in [0.5, 0.6) is 11.5 Å². The van der Waals surface area contributed by atoms with E-state index in [2.05, 4.69) is 5.32 Å². The fourth-order valence-corrected chi connectivity index (χ4v) is 2.62. The molecule has 5 heteroatoms. The zero-order chi connectivity index (χ0) is 14.8. The first-order valence-corrected chi connectivity index (χ1v) is 7.02. The molecule has 0 amide bonds. The van der Waals surface area contributed by atoms with E-state index in [0.717, 1.165) is 25.9 Å². The summed E-state index contributed by atoms with van der Waals surface area (Å²) in [5.41, 5.74) is 0.135. The molecule has 1 aromatic carbocycles. The van der Waals surface area contributed by atoms with Crippen LogP contribution in [0.2, 0.25) is 0 Å². The molecule has 0 spiro atoms. The van der Waals surface area contributed by atoms with Crippen LogP contribution < -0.4 is 10.7 Å². The van der Waals surface area contributed by atoms with E-state index in [0.29, 0.717) is 11.3 Å². The Balaban J connectivity index is 2.05. The number of rotatable bonds is 2. The van der Waals surface area contributed by atoms with E-state index in [1.807, 2.05) is 0 Å². The minimum atomic E-state index is -0.433. The maximum Gasteiger partial charge on any atom is 0.227 e. The van der Waals surface area contributed by atoms with E-state index in [1.165, 1.54) is 18.2 Å². The molecule has 110 valence electrons. The normalized spacial score (nSPS) is 16.0. The molecule has 1 saturated heterocycles. The van der Waals surface area contributed by atoms with Crippen molar-refractivity contribution in [3.8, 4) is 22.8 Å². The second kappa shape index (κ2) is 5.61. The van der Waals surface area contributed by atoms with Crippen LogP contribution in [0.4, 0.5) is 0 Å². The molecule has 0 atom stereocenters. The summed E-state index contributed by atoms with van der Waals surface area (Å²) in [6.45, 7) is 1.79. The molecule has 3 rings (SSSR count). The van der Waals surface area contributed by atoms with Gasteiger partial charge in [0.05, 0.1) is 0 Å². The van der Waals surface area contributed by atoms with Crippen molar-refractivity contribution in [2.45, 2.75) is 18.8 Å². The summed E-state index contributed by atoms with van der Waals surface area (Å²) < 4.78 is 5.79. The molecule has 0 saturated carbocycles. The lowest BCUT2D eigenvalue weighted by molar-refractivity contribution is 0.367. The third-order valence-corrected chi connectivity index (χ3v) is 3.81. The van der Waals surface area contributed by atoms with Gasteiger partial charge in [0.25, 0.3) is 0 Å². The summed E-state index contributed by atoms with van der Waals surface area (Å²) in [7, 11) is 0. The molecule has 2 heterocycles. The van der Waals surface area contributed by atoms with Crippen LogP contribution in [-0.4, -0.2) is 23.3 Å². The van der Waals surface area contributed by atoms with E-state index in [4.69, 9.17) is 4.42 Å². The van der Waals surface area contributed by atoms with Crippen molar-refractivity contribution in [3.63, 3.8) is 0 Å². The summed E-state index contributed by atoms with van der Waals surface area (Å²) >= 11 is 0. The summed E-state index contributed by atoms with van der Waals surface area (Å²) in [5, 5.41) is 22.6. The highest BCUT2D eigenvalue weighted by Crippen LogP contribution is 2.32. The molecule has 1 aliphatic heterocycles. The van der Waals surface area contributed by atoms with E-state index >= 15 is 0 Å². The van der Waals surface area contributed by atoms with Crippen LogP contribution in [0.1, 0.15) is 24.5 Å². The van der Waals surface area contributed by atoms with Crippen LogP contribution >= 0.6 is 0 Å². The number of phenols is 1. The Morgan fingerprint density at radius 2 is 1.76 bits per heavy atom. The lowest BCUT2D eigenvalue weighted by Gasteiger charge is -2.22. The van der Waals surface area contributed by atoms with Crippen LogP contribution in [0.15, 0.2) is 39.5 Å². The number of hydrogen-bond donors (Lipinski definition) is 3. The van der Waals surface area contributed by atoms with E-state index in [9.17, 15) is 15.0 Å². The SMILES string of the molecule is O=c1cc(C2CCNCC2)oc(-c2ccc(O)cc2)c1O. The smallest absolute Gasteiger partial charge is 0.227 e. The van der Waals surface area contributed by atoms with E-state index in [-0.39, 0.29) is 17.4 Å². The average Bonchev–Trinajstić information content (AvgIpc) is 2.52. The average molecular weight is 287 g/mol. The van der Waals surface area contributed by atoms with Crippen molar-refractivity contribution in [1.82, 2.24) is 5.32 Å². The lowest BCUT2D eigenvalue weighted by atomic mass is 9.95. The first-order valence-electron chi connectivity index (χ1n) is 7.02. The molecule has 1 aromatic heterocycles. The highest BCUT2D eigenvalue weighted by Gasteiger charge is 2.21. The highest BCUT2D eigenvalue weighted by molar-refractivity contribution is 5.64. The second-order valence-electron chi connectivity index (χ2n) is 5.26. The van der Waals surface area contributed by atoms with Gasteiger partial charge >= 0.3 is 0 Å². The van der Waals surface area contributed by atoms with Crippen molar-refractivity contribution >= 4 is 0 Å². The first-order chi connectivity index (χ1) is 10.1. The molecule has 0 radical (unpaired) electrons.